The molecule has 3 N–H and O–H groups in total. The molecule has 0 radical (unpaired) electrons. The molecule has 0 saturated heterocycles. The summed E-state index contributed by atoms with van der Waals surface area (Å²) in [7, 11) is 0. The van der Waals surface area contributed by atoms with E-state index in [1.807, 2.05) is 30.3 Å². The molecule has 4 aromatic carbocycles. The largest absolute Gasteiger partial charge is 0.478 e. The van der Waals surface area contributed by atoms with Crippen molar-refractivity contribution in [2.24, 2.45) is 0 Å². The Morgan fingerprint density at radius 1 is 0.675 bits per heavy atom. The van der Waals surface area contributed by atoms with Crippen LogP contribution in [-0.4, -0.2) is 28.6 Å². The van der Waals surface area contributed by atoms with Gasteiger partial charge in [0.1, 0.15) is 11.5 Å². The average molecular weight is 636 g/mol. The fourth-order valence-electron chi connectivity index (χ4n) is 3.45. The van der Waals surface area contributed by atoms with E-state index in [1.54, 1.807) is 48.5 Å². The third-order valence-electron chi connectivity index (χ3n) is 5.31. The normalized spacial score (nSPS) is 10.6. The first kappa shape index (κ1) is 29.6. The molecule has 4 rings (SSSR count). The highest BCUT2D eigenvalue weighted by atomic mass is 35.5. The van der Waals surface area contributed by atoms with Crippen LogP contribution in [0, 0.1) is 0 Å². The Morgan fingerprint density at radius 2 is 1.20 bits per heavy atom. The third kappa shape index (κ3) is 7.21. The minimum absolute atomic E-state index is 0.146. The molecule has 12 heteroatoms. The second-order valence-corrected chi connectivity index (χ2v) is 10.6. The van der Waals surface area contributed by atoms with Crippen molar-refractivity contribution in [3.63, 3.8) is 0 Å². The average Bonchev–Trinajstić information content (AvgIpc) is 2.94. The van der Waals surface area contributed by atoms with Crippen molar-refractivity contribution in [2.75, 3.05) is 16.4 Å². The highest BCUT2D eigenvalue weighted by molar-refractivity contribution is 8.00. The van der Waals surface area contributed by atoms with Crippen LogP contribution >= 0.6 is 58.2 Å². The molecule has 0 aromatic heterocycles. The van der Waals surface area contributed by atoms with E-state index in [2.05, 4.69) is 10.6 Å². The van der Waals surface area contributed by atoms with Gasteiger partial charge < -0.3 is 20.5 Å². The molecule has 4 aromatic rings. The highest BCUT2D eigenvalue weighted by Gasteiger charge is 2.29. The molecule has 0 saturated carbocycles. The lowest BCUT2D eigenvalue weighted by atomic mass is 10.1. The Kier molecular flexibility index (Phi) is 9.84. The molecule has 0 aliphatic carbocycles. The van der Waals surface area contributed by atoms with Crippen LogP contribution in [0.15, 0.2) is 83.8 Å². The smallest absolute Gasteiger partial charge is 0.338 e. The van der Waals surface area contributed by atoms with E-state index in [1.165, 1.54) is 11.8 Å². The summed E-state index contributed by atoms with van der Waals surface area (Å²) in [6.45, 7) is 0. The van der Waals surface area contributed by atoms with Crippen LogP contribution in [-0.2, 0) is 4.79 Å². The van der Waals surface area contributed by atoms with Crippen molar-refractivity contribution in [3.05, 3.63) is 110 Å². The number of nitrogens with one attached hydrogen (secondary N) is 2. The summed E-state index contributed by atoms with van der Waals surface area (Å²) in [6, 6.07) is 23.0. The van der Waals surface area contributed by atoms with Crippen LogP contribution in [0.3, 0.4) is 0 Å². The summed E-state index contributed by atoms with van der Waals surface area (Å²) in [4.78, 5) is 37.8. The molecule has 0 fully saturated rings. The van der Waals surface area contributed by atoms with Crippen molar-refractivity contribution in [2.45, 2.75) is 4.90 Å². The van der Waals surface area contributed by atoms with Gasteiger partial charge in [0.05, 0.1) is 37.0 Å². The fourth-order valence-corrected chi connectivity index (χ4v) is 5.17. The topological polar surface area (TPSA) is 105 Å². The SMILES string of the molecule is O=C(CSc1ccc(NC(=O)c2c(Cl)c(Cl)c(Cl)c(Cl)c2C(=O)O)cc1)Nc1ccc(Oc2ccccc2)cc1. The van der Waals surface area contributed by atoms with Crippen molar-refractivity contribution in [3.8, 4) is 11.5 Å². The molecule has 40 heavy (non-hydrogen) atoms. The summed E-state index contributed by atoms with van der Waals surface area (Å²) >= 11 is 25.4. The minimum atomic E-state index is -1.49. The lowest BCUT2D eigenvalue weighted by Crippen LogP contribution is -2.18. The van der Waals surface area contributed by atoms with Gasteiger partial charge in [-0.2, -0.15) is 0 Å². The van der Waals surface area contributed by atoms with Gasteiger partial charge in [-0.15, -0.1) is 11.8 Å². The molecule has 204 valence electrons. The Labute approximate surface area is 253 Å². The van der Waals surface area contributed by atoms with Gasteiger partial charge in [-0.3, -0.25) is 9.59 Å². The van der Waals surface area contributed by atoms with Gasteiger partial charge in [0.15, 0.2) is 0 Å². The maximum atomic E-state index is 12.9. The second-order valence-electron chi connectivity index (χ2n) is 8.07. The summed E-state index contributed by atoms with van der Waals surface area (Å²) in [5.41, 5.74) is 0.00977. The number of thioether (sulfide) groups is 1. The van der Waals surface area contributed by atoms with Gasteiger partial charge in [-0.25, -0.2) is 4.79 Å². The van der Waals surface area contributed by atoms with Gasteiger partial charge in [-0.1, -0.05) is 64.6 Å². The van der Waals surface area contributed by atoms with Gasteiger partial charge in [0, 0.05) is 16.3 Å². The predicted octanol–water partition coefficient (Wildman–Crippen LogP) is 8.77. The molecule has 0 heterocycles. The zero-order valence-electron chi connectivity index (χ0n) is 20.2. The monoisotopic (exact) mass is 634 g/mol. The number of rotatable bonds is 9. The molecule has 0 atom stereocenters. The van der Waals surface area contributed by atoms with E-state index < -0.39 is 28.0 Å². The Morgan fingerprint density at radius 3 is 1.80 bits per heavy atom. The van der Waals surface area contributed by atoms with Crippen LogP contribution in [0.2, 0.25) is 20.1 Å². The summed E-state index contributed by atoms with van der Waals surface area (Å²) < 4.78 is 5.75. The molecule has 2 amide bonds. The van der Waals surface area contributed by atoms with Crippen LogP contribution < -0.4 is 15.4 Å². The number of amides is 2. The first-order valence-electron chi connectivity index (χ1n) is 11.4. The first-order valence-corrected chi connectivity index (χ1v) is 13.9. The standard InChI is InChI=1S/C28H18Cl4N2O5S/c29-23-21(22(28(37)38)24(30)26(32)25(23)31)27(36)34-16-8-12-19(13-9-16)40-14-20(35)33-15-6-10-18(11-7-15)39-17-4-2-1-3-5-17/h1-13H,14H2,(H,33,35)(H,34,36)(H,37,38). The number of ether oxygens (including phenoxy) is 1. The van der Waals surface area contributed by atoms with Crippen LogP contribution in [0.5, 0.6) is 11.5 Å². The van der Waals surface area contributed by atoms with Crippen molar-refractivity contribution >= 4 is 87.3 Å². The Hall–Kier alpha value is -3.40. The number of carboxylic acids is 1. The maximum Gasteiger partial charge on any atom is 0.338 e. The number of hydrogen-bond acceptors (Lipinski definition) is 5. The number of para-hydroxylation sites is 1. The van der Waals surface area contributed by atoms with E-state index in [9.17, 15) is 19.5 Å². The van der Waals surface area contributed by atoms with Gasteiger partial charge in [-0.05, 0) is 60.7 Å². The molecular weight excluding hydrogens is 618 g/mol. The number of carboxylic acid groups (broad SMARTS) is 1. The molecule has 7 nitrogen and oxygen atoms in total. The summed E-state index contributed by atoms with van der Waals surface area (Å²) in [5.74, 6) is -1.01. The van der Waals surface area contributed by atoms with Crippen molar-refractivity contribution in [1.82, 2.24) is 0 Å². The molecule has 0 aliphatic rings. The third-order valence-corrected chi connectivity index (χ3v) is 8.12. The Bertz CT molecular complexity index is 1570. The lowest BCUT2D eigenvalue weighted by molar-refractivity contribution is -0.113. The zero-order valence-corrected chi connectivity index (χ0v) is 24.1. The highest BCUT2D eigenvalue weighted by Crippen LogP contribution is 2.42. The van der Waals surface area contributed by atoms with Gasteiger partial charge in [0.2, 0.25) is 5.91 Å². The van der Waals surface area contributed by atoms with Crippen LogP contribution in [0.25, 0.3) is 0 Å². The molecule has 0 aliphatic heterocycles. The number of anilines is 2. The number of halogens is 4. The van der Waals surface area contributed by atoms with Gasteiger partial charge in [0.25, 0.3) is 5.91 Å². The lowest BCUT2D eigenvalue weighted by Gasteiger charge is -2.14. The number of benzene rings is 4. The van der Waals surface area contributed by atoms with E-state index >= 15 is 0 Å². The zero-order chi connectivity index (χ0) is 28.8. The number of hydrogen-bond donors (Lipinski definition) is 3. The summed E-state index contributed by atoms with van der Waals surface area (Å²) in [6.07, 6.45) is 0. The van der Waals surface area contributed by atoms with Gasteiger partial charge >= 0.3 is 5.97 Å². The number of aromatic carboxylic acids is 1. The number of carbonyl (C=O) groups excluding carboxylic acids is 2. The molecular formula is C28H18Cl4N2O5S. The Balaban J connectivity index is 1.33. The van der Waals surface area contributed by atoms with E-state index in [-0.39, 0.29) is 26.7 Å². The minimum Gasteiger partial charge on any atom is -0.478 e. The van der Waals surface area contributed by atoms with Crippen LogP contribution in [0.1, 0.15) is 20.7 Å². The van der Waals surface area contributed by atoms with Crippen molar-refractivity contribution in [1.29, 1.82) is 0 Å². The molecule has 0 spiro atoms. The second kappa shape index (κ2) is 13.3. The summed E-state index contributed by atoms with van der Waals surface area (Å²) in [5, 5.41) is 13.7. The molecule has 0 unspecified atom stereocenters. The maximum absolute atomic E-state index is 12.9. The van der Waals surface area contributed by atoms with E-state index in [0.717, 1.165) is 4.90 Å². The quantitative estimate of drug-likeness (QED) is 0.0964. The van der Waals surface area contributed by atoms with Crippen LogP contribution in [0.4, 0.5) is 11.4 Å². The van der Waals surface area contributed by atoms with Crippen molar-refractivity contribution < 1.29 is 24.2 Å². The fraction of sp³-hybridized carbons (Fsp3) is 0.0357. The van der Waals surface area contributed by atoms with E-state index in [0.29, 0.717) is 22.9 Å². The number of carbonyl (C=O) groups is 3. The first-order chi connectivity index (χ1) is 19.1. The molecule has 0 bridgehead atoms. The predicted molar refractivity (Wildman–Crippen MR) is 160 cm³/mol. The van der Waals surface area contributed by atoms with E-state index in [4.69, 9.17) is 51.1 Å².